The van der Waals surface area contributed by atoms with E-state index in [9.17, 15) is 27.2 Å². The van der Waals surface area contributed by atoms with Gasteiger partial charge in [-0.2, -0.15) is 13.5 Å². The van der Waals surface area contributed by atoms with Crippen LogP contribution < -0.4 is 23.2 Å². The molecule has 0 spiro atoms. The third kappa shape index (κ3) is 11.0. The number of aromatic nitrogens is 1. The molecule has 2 aliphatic carbocycles. The summed E-state index contributed by atoms with van der Waals surface area (Å²) in [4.78, 5) is 16.5. The molecular formula is C36H41Cl2F2N3O9S. The van der Waals surface area contributed by atoms with Crippen LogP contribution in [0.3, 0.4) is 0 Å². The Bertz CT molecular complexity index is 1850. The summed E-state index contributed by atoms with van der Waals surface area (Å²) in [5.41, 5.74) is 0.843. The van der Waals surface area contributed by atoms with Gasteiger partial charge in [0.1, 0.15) is 34.1 Å². The standard InChI is InChI=1S/C36H41Cl2F2N3O9S/c1-53(46,47)43(19-23-2-3-23)26-7-9-31(49-15-12-41-10-13-48-14-11-41)28(17-26)35(44)51-33(18-27-29(37)20-42(45)21-30(27)38)25-6-8-32(52-36(39)40)34(16-25)50-22-24-4-5-24/h6-9,16-17,20-21,23-24,33,36H,2-5,10-15,18-19,22H2,1H3. The van der Waals surface area contributed by atoms with Crippen molar-refractivity contribution in [1.29, 1.82) is 0 Å². The Hall–Kier alpha value is -3.63. The Morgan fingerprint density at radius 1 is 1.00 bits per heavy atom. The van der Waals surface area contributed by atoms with Crippen molar-refractivity contribution >= 4 is 44.9 Å². The summed E-state index contributed by atoms with van der Waals surface area (Å²) in [5, 5.41) is 12.1. The first-order valence-corrected chi connectivity index (χ1v) is 20.0. The number of hydrogen-bond acceptors (Lipinski definition) is 10. The minimum Gasteiger partial charge on any atom is -0.619 e. The van der Waals surface area contributed by atoms with Gasteiger partial charge in [-0.25, -0.2) is 13.2 Å². The van der Waals surface area contributed by atoms with Crippen LogP contribution in [-0.4, -0.2) is 84.8 Å². The summed E-state index contributed by atoms with van der Waals surface area (Å²) < 4.78 is 82.6. The van der Waals surface area contributed by atoms with Crippen molar-refractivity contribution in [2.45, 2.75) is 44.8 Å². The van der Waals surface area contributed by atoms with Crippen LogP contribution in [-0.2, 0) is 25.9 Å². The van der Waals surface area contributed by atoms with Crippen molar-refractivity contribution in [3.63, 3.8) is 0 Å². The molecule has 1 saturated heterocycles. The lowest BCUT2D eigenvalue weighted by Crippen LogP contribution is -2.38. The van der Waals surface area contributed by atoms with Gasteiger partial charge in [0.15, 0.2) is 23.9 Å². The first-order valence-electron chi connectivity index (χ1n) is 17.4. The summed E-state index contributed by atoms with van der Waals surface area (Å²) in [6.45, 7) is 0.864. The van der Waals surface area contributed by atoms with Gasteiger partial charge in [-0.3, -0.25) is 9.21 Å². The van der Waals surface area contributed by atoms with Gasteiger partial charge in [-0.05, 0) is 73.4 Å². The molecular weight excluding hydrogens is 759 g/mol. The van der Waals surface area contributed by atoms with Crippen LogP contribution in [0.5, 0.6) is 17.2 Å². The SMILES string of the molecule is CS(=O)(=O)N(CC1CC1)c1ccc(OCCN2CCOCC2)c(C(=O)OC(Cc2c(Cl)c[n+]([O-])cc2Cl)c2ccc(OC(F)F)c(OCC3CC3)c2)c1. The Labute approximate surface area is 317 Å². The summed E-state index contributed by atoms with van der Waals surface area (Å²) in [5.74, 6) is -0.381. The number of sulfonamides is 1. The molecule has 0 radical (unpaired) electrons. The molecule has 3 aromatic rings. The molecule has 17 heteroatoms. The summed E-state index contributed by atoms with van der Waals surface area (Å²) in [6.07, 6.45) is 5.72. The Morgan fingerprint density at radius 3 is 2.32 bits per heavy atom. The van der Waals surface area contributed by atoms with Crippen LogP contribution in [0.25, 0.3) is 0 Å². The Balaban J connectivity index is 1.35. The van der Waals surface area contributed by atoms with Crippen LogP contribution in [0.4, 0.5) is 14.5 Å². The average molecular weight is 801 g/mol. The fourth-order valence-corrected chi connectivity index (χ4v) is 7.47. The molecule has 0 amide bonds. The van der Waals surface area contributed by atoms with Crippen LogP contribution in [0, 0.1) is 17.0 Å². The molecule has 6 rings (SSSR count). The zero-order valence-corrected chi connectivity index (χ0v) is 31.4. The lowest BCUT2D eigenvalue weighted by Gasteiger charge is -2.27. The maximum Gasteiger partial charge on any atom is 0.387 e. The third-order valence-corrected chi connectivity index (χ3v) is 11.0. The van der Waals surface area contributed by atoms with E-state index in [0.29, 0.717) is 30.1 Å². The second kappa shape index (κ2) is 17.2. The zero-order chi connectivity index (χ0) is 37.7. The number of carbonyl (C=O) groups is 1. The maximum atomic E-state index is 14.3. The predicted molar refractivity (Wildman–Crippen MR) is 193 cm³/mol. The monoisotopic (exact) mass is 799 g/mol. The van der Waals surface area contributed by atoms with Crippen LogP contribution in [0.15, 0.2) is 48.8 Å². The van der Waals surface area contributed by atoms with E-state index in [2.05, 4.69) is 4.90 Å². The van der Waals surface area contributed by atoms with E-state index in [-0.39, 0.29) is 82.1 Å². The number of halogens is 4. The number of carbonyl (C=O) groups excluding carboxylic acids is 1. The average Bonchev–Trinajstić information content (AvgIpc) is 4.04. The quantitative estimate of drug-likeness (QED) is 0.0853. The molecule has 1 atom stereocenters. The van der Waals surface area contributed by atoms with Crippen molar-refractivity contribution in [3.8, 4) is 17.2 Å². The fourth-order valence-electron chi connectivity index (χ4n) is 5.89. The smallest absolute Gasteiger partial charge is 0.387 e. The van der Waals surface area contributed by atoms with Gasteiger partial charge in [-0.1, -0.05) is 29.3 Å². The van der Waals surface area contributed by atoms with Crippen molar-refractivity contribution in [3.05, 3.63) is 80.7 Å². The molecule has 1 aromatic heterocycles. The normalized spacial score (nSPS) is 17.0. The number of benzene rings is 2. The molecule has 53 heavy (non-hydrogen) atoms. The van der Waals surface area contributed by atoms with Gasteiger partial charge in [0.05, 0.1) is 31.8 Å². The highest BCUT2D eigenvalue weighted by molar-refractivity contribution is 7.92. The Kier molecular flexibility index (Phi) is 12.7. The predicted octanol–water partition coefficient (Wildman–Crippen LogP) is 6.04. The van der Waals surface area contributed by atoms with Crippen molar-refractivity contribution in [2.24, 2.45) is 11.8 Å². The molecule has 12 nitrogen and oxygen atoms in total. The fraction of sp³-hybridized carbons (Fsp3) is 0.500. The maximum absolute atomic E-state index is 14.3. The van der Waals surface area contributed by atoms with E-state index in [1.54, 1.807) is 12.1 Å². The van der Waals surface area contributed by atoms with Gasteiger partial charge in [0.2, 0.25) is 10.0 Å². The molecule has 0 bridgehead atoms. The summed E-state index contributed by atoms with van der Waals surface area (Å²) in [6, 6.07) is 8.77. The van der Waals surface area contributed by atoms with E-state index in [4.69, 9.17) is 46.9 Å². The highest BCUT2D eigenvalue weighted by atomic mass is 35.5. The molecule has 2 aromatic carbocycles. The summed E-state index contributed by atoms with van der Waals surface area (Å²) >= 11 is 12.9. The topological polar surface area (TPSA) is 131 Å². The molecule has 2 heterocycles. The number of nitrogens with zero attached hydrogens (tertiary/aromatic N) is 3. The number of anilines is 1. The molecule has 1 unspecified atom stereocenters. The molecule has 288 valence electrons. The third-order valence-electron chi connectivity index (χ3n) is 9.18. The molecule has 3 aliphatic rings. The summed E-state index contributed by atoms with van der Waals surface area (Å²) in [7, 11) is -3.72. The van der Waals surface area contributed by atoms with E-state index in [0.717, 1.165) is 57.4 Å². The first-order chi connectivity index (χ1) is 25.3. The first kappa shape index (κ1) is 39.1. The highest BCUT2D eigenvalue weighted by Crippen LogP contribution is 2.39. The lowest BCUT2D eigenvalue weighted by molar-refractivity contribution is -0.605. The van der Waals surface area contributed by atoms with E-state index < -0.39 is 28.7 Å². The minimum absolute atomic E-state index is 0.00872. The van der Waals surface area contributed by atoms with Crippen LogP contribution in [0.2, 0.25) is 10.0 Å². The van der Waals surface area contributed by atoms with Crippen molar-refractivity contribution < 1.29 is 50.4 Å². The number of pyridine rings is 1. The largest absolute Gasteiger partial charge is 0.619 e. The van der Waals surface area contributed by atoms with Crippen LogP contribution in [0.1, 0.15) is 53.3 Å². The minimum atomic E-state index is -3.72. The van der Waals surface area contributed by atoms with Gasteiger partial charge in [-0.15, -0.1) is 0 Å². The van der Waals surface area contributed by atoms with Crippen molar-refractivity contribution in [2.75, 3.05) is 63.2 Å². The molecule has 0 N–H and O–H groups in total. The number of hydrogen-bond donors (Lipinski definition) is 0. The molecule has 3 fully saturated rings. The van der Waals surface area contributed by atoms with Gasteiger partial charge < -0.3 is 28.9 Å². The molecule has 1 aliphatic heterocycles. The van der Waals surface area contributed by atoms with Gasteiger partial charge in [0.25, 0.3) is 0 Å². The number of alkyl halides is 2. The number of esters is 1. The number of ether oxygens (including phenoxy) is 5. The highest BCUT2D eigenvalue weighted by Gasteiger charge is 2.31. The van der Waals surface area contributed by atoms with E-state index in [1.807, 2.05) is 0 Å². The second-order valence-corrected chi connectivity index (χ2v) is 16.2. The van der Waals surface area contributed by atoms with Gasteiger partial charge >= 0.3 is 12.6 Å². The molecule has 2 saturated carbocycles. The number of rotatable bonds is 18. The lowest BCUT2D eigenvalue weighted by atomic mass is 10.0. The number of morpholine rings is 1. The van der Waals surface area contributed by atoms with Crippen molar-refractivity contribution in [1.82, 2.24) is 4.90 Å². The van der Waals surface area contributed by atoms with E-state index >= 15 is 0 Å². The zero-order valence-electron chi connectivity index (χ0n) is 29.1. The van der Waals surface area contributed by atoms with Gasteiger partial charge in [0, 0.05) is 38.2 Å². The second-order valence-electron chi connectivity index (χ2n) is 13.5. The van der Waals surface area contributed by atoms with Crippen LogP contribution >= 0.6 is 23.2 Å². The Morgan fingerprint density at radius 2 is 1.68 bits per heavy atom. The van der Waals surface area contributed by atoms with E-state index in [1.165, 1.54) is 28.6 Å².